The SMILES string of the molecule is [2H]/C(=C\C(C)=O)c1ccc(OC)cc1. The molecule has 13 heavy (non-hydrogen) atoms. The molecule has 0 saturated heterocycles. The van der Waals surface area contributed by atoms with Gasteiger partial charge in [0.1, 0.15) is 5.75 Å². The molecule has 0 unspecified atom stereocenters. The van der Waals surface area contributed by atoms with Crippen LogP contribution in [0.3, 0.4) is 0 Å². The van der Waals surface area contributed by atoms with Crippen LogP contribution in [0, 0.1) is 0 Å². The molecule has 1 rings (SSSR count). The molecule has 2 nitrogen and oxygen atoms in total. The van der Waals surface area contributed by atoms with Crippen molar-refractivity contribution in [1.82, 2.24) is 0 Å². The number of carbonyl (C=O) groups is 1. The largest absolute Gasteiger partial charge is 0.497 e. The van der Waals surface area contributed by atoms with Crippen LogP contribution < -0.4 is 4.74 Å². The van der Waals surface area contributed by atoms with Gasteiger partial charge in [-0.15, -0.1) is 0 Å². The van der Waals surface area contributed by atoms with E-state index < -0.39 is 0 Å². The van der Waals surface area contributed by atoms with E-state index in [9.17, 15) is 4.79 Å². The Balaban J connectivity index is 2.92. The summed E-state index contributed by atoms with van der Waals surface area (Å²) in [5, 5.41) is 0. The second-order valence-corrected chi connectivity index (χ2v) is 2.63. The van der Waals surface area contributed by atoms with E-state index in [2.05, 4.69) is 0 Å². The van der Waals surface area contributed by atoms with E-state index in [0.29, 0.717) is 5.56 Å². The highest BCUT2D eigenvalue weighted by Crippen LogP contribution is 2.11. The van der Waals surface area contributed by atoms with Crippen molar-refractivity contribution in [2.45, 2.75) is 6.92 Å². The van der Waals surface area contributed by atoms with Gasteiger partial charge in [-0.2, -0.15) is 0 Å². The molecular weight excluding hydrogens is 164 g/mol. The maximum atomic E-state index is 10.7. The van der Waals surface area contributed by atoms with Crippen molar-refractivity contribution in [2.24, 2.45) is 0 Å². The van der Waals surface area contributed by atoms with Crippen LogP contribution in [0.2, 0.25) is 0 Å². The Hall–Kier alpha value is -1.57. The van der Waals surface area contributed by atoms with Crippen molar-refractivity contribution in [3.63, 3.8) is 0 Å². The second-order valence-electron chi connectivity index (χ2n) is 2.63. The van der Waals surface area contributed by atoms with Gasteiger partial charge in [0.2, 0.25) is 0 Å². The molecule has 1 aromatic carbocycles. The van der Waals surface area contributed by atoms with Crippen LogP contribution in [-0.2, 0) is 4.79 Å². The summed E-state index contributed by atoms with van der Waals surface area (Å²) in [5.74, 6) is 0.621. The Morgan fingerprint density at radius 1 is 1.46 bits per heavy atom. The van der Waals surface area contributed by atoms with Crippen molar-refractivity contribution < 1.29 is 10.9 Å². The lowest BCUT2D eigenvalue weighted by atomic mass is 10.2. The lowest BCUT2D eigenvalue weighted by Crippen LogP contribution is -1.82. The van der Waals surface area contributed by atoms with Crippen LogP contribution >= 0.6 is 0 Å². The van der Waals surface area contributed by atoms with Crippen LogP contribution in [0.1, 0.15) is 13.9 Å². The molecule has 68 valence electrons. The van der Waals surface area contributed by atoms with Gasteiger partial charge >= 0.3 is 0 Å². The highest BCUT2D eigenvalue weighted by molar-refractivity contribution is 5.91. The average Bonchev–Trinajstić information content (AvgIpc) is 2.17. The molecule has 0 N–H and O–H groups in total. The van der Waals surface area contributed by atoms with Crippen LogP contribution in [0.25, 0.3) is 6.05 Å². The summed E-state index contributed by atoms with van der Waals surface area (Å²) in [4.78, 5) is 10.7. The number of carbonyl (C=O) groups excluding carboxylic acids is 1. The second kappa shape index (κ2) is 4.45. The summed E-state index contributed by atoms with van der Waals surface area (Å²) in [6.45, 7) is 1.43. The van der Waals surface area contributed by atoms with Crippen LogP contribution in [0.4, 0.5) is 0 Å². The fraction of sp³-hybridized carbons (Fsp3) is 0.182. The van der Waals surface area contributed by atoms with Gasteiger partial charge in [0.05, 0.1) is 8.48 Å². The van der Waals surface area contributed by atoms with E-state index in [1.165, 1.54) is 13.0 Å². The number of allylic oxidation sites excluding steroid dienone is 1. The standard InChI is InChI=1S/C11H12O2/c1-9(12)3-4-10-5-7-11(13-2)8-6-10/h3-8H,1-2H3/b4-3+/i4D. The third kappa shape index (κ3) is 3.11. The fourth-order valence-electron chi connectivity index (χ4n) is 0.872. The minimum atomic E-state index is -0.120. The predicted molar refractivity (Wildman–Crippen MR) is 52.7 cm³/mol. The fourth-order valence-corrected chi connectivity index (χ4v) is 0.872. The van der Waals surface area contributed by atoms with Gasteiger partial charge < -0.3 is 4.74 Å². The number of ether oxygens (including phenoxy) is 1. The van der Waals surface area contributed by atoms with Gasteiger partial charge in [-0.05, 0) is 30.7 Å². The number of methoxy groups -OCH3 is 1. The first-order valence-corrected chi connectivity index (χ1v) is 3.97. The summed E-state index contributed by atoms with van der Waals surface area (Å²) in [6.07, 6.45) is 1.29. The first-order chi connectivity index (χ1) is 6.63. The summed E-state index contributed by atoms with van der Waals surface area (Å²) in [5.41, 5.74) is 0.709. The molecule has 0 aliphatic heterocycles. The molecule has 0 bridgehead atoms. The van der Waals surface area contributed by atoms with Crippen molar-refractivity contribution in [2.75, 3.05) is 7.11 Å². The third-order valence-corrected chi connectivity index (χ3v) is 1.53. The minimum absolute atomic E-state index is 0.120. The monoisotopic (exact) mass is 177 g/mol. The molecule has 0 atom stereocenters. The van der Waals surface area contributed by atoms with Gasteiger partial charge in [-0.3, -0.25) is 4.79 Å². The lowest BCUT2D eigenvalue weighted by molar-refractivity contribution is -0.112. The Kier molecular flexibility index (Phi) is 2.76. The van der Waals surface area contributed by atoms with Crippen LogP contribution in [0.15, 0.2) is 30.3 Å². The highest BCUT2D eigenvalue weighted by Gasteiger charge is 1.90. The zero-order chi connectivity index (χ0) is 10.6. The van der Waals surface area contributed by atoms with Crippen LogP contribution in [0.5, 0.6) is 5.75 Å². The predicted octanol–water partition coefficient (Wildman–Crippen LogP) is 2.30. The molecule has 0 spiro atoms. The Morgan fingerprint density at radius 3 is 2.54 bits per heavy atom. The van der Waals surface area contributed by atoms with E-state index in [0.717, 1.165) is 5.75 Å². The van der Waals surface area contributed by atoms with Gasteiger partial charge in [0.25, 0.3) is 0 Å². The molecule has 1 aromatic rings. The third-order valence-electron chi connectivity index (χ3n) is 1.53. The van der Waals surface area contributed by atoms with E-state index >= 15 is 0 Å². The molecule has 0 aromatic heterocycles. The molecule has 0 saturated carbocycles. The molecule has 0 radical (unpaired) electrons. The van der Waals surface area contributed by atoms with Crippen molar-refractivity contribution in [3.05, 3.63) is 35.9 Å². The molecular formula is C11H12O2. The summed E-state index contributed by atoms with van der Waals surface area (Å²) in [7, 11) is 1.59. The highest BCUT2D eigenvalue weighted by atomic mass is 16.5. The molecule has 0 aliphatic rings. The molecule has 0 heterocycles. The summed E-state index contributed by atoms with van der Waals surface area (Å²) in [6, 6.07) is 7.25. The molecule has 0 aliphatic carbocycles. The number of hydrogen-bond donors (Lipinski definition) is 0. The minimum Gasteiger partial charge on any atom is -0.497 e. The first-order valence-electron chi connectivity index (χ1n) is 4.47. The zero-order valence-corrected chi connectivity index (χ0v) is 7.70. The van der Waals surface area contributed by atoms with Gasteiger partial charge in [0.15, 0.2) is 5.78 Å². The molecule has 2 heteroatoms. The Morgan fingerprint density at radius 2 is 2.08 bits per heavy atom. The summed E-state index contributed by atoms with van der Waals surface area (Å²) >= 11 is 0. The van der Waals surface area contributed by atoms with E-state index in [1.54, 1.807) is 31.4 Å². The topological polar surface area (TPSA) is 26.3 Å². The molecule has 0 fully saturated rings. The maximum Gasteiger partial charge on any atom is 0.152 e. The van der Waals surface area contributed by atoms with Gasteiger partial charge in [0, 0.05) is 0 Å². The van der Waals surface area contributed by atoms with Crippen molar-refractivity contribution in [1.29, 1.82) is 0 Å². The van der Waals surface area contributed by atoms with Crippen molar-refractivity contribution in [3.8, 4) is 5.75 Å². The zero-order valence-electron chi connectivity index (χ0n) is 8.70. The Labute approximate surface area is 79.2 Å². The number of rotatable bonds is 3. The van der Waals surface area contributed by atoms with Gasteiger partial charge in [-0.1, -0.05) is 18.2 Å². The smallest absolute Gasteiger partial charge is 0.152 e. The van der Waals surface area contributed by atoms with Gasteiger partial charge in [-0.25, -0.2) is 0 Å². The average molecular weight is 177 g/mol. The number of ketones is 1. The van der Waals surface area contributed by atoms with E-state index in [1.807, 2.05) is 0 Å². The van der Waals surface area contributed by atoms with E-state index in [-0.39, 0.29) is 11.8 Å². The van der Waals surface area contributed by atoms with E-state index in [4.69, 9.17) is 6.11 Å². The maximum absolute atomic E-state index is 10.7. The Bertz CT molecular complexity index is 352. The number of benzene rings is 1. The normalized spacial score (nSPS) is 12.2. The summed E-state index contributed by atoms with van der Waals surface area (Å²) < 4.78 is 12.6. The molecule has 0 amide bonds. The van der Waals surface area contributed by atoms with Crippen LogP contribution in [-0.4, -0.2) is 12.9 Å². The number of hydrogen-bond acceptors (Lipinski definition) is 2. The lowest BCUT2D eigenvalue weighted by Gasteiger charge is -1.98. The quantitative estimate of drug-likeness (QED) is 0.662. The first kappa shape index (κ1) is 8.05. The van der Waals surface area contributed by atoms with Crippen molar-refractivity contribution >= 4 is 11.8 Å².